The molecule has 0 radical (unpaired) electrons. The second-order valence-electron chi connectivity index (χ2n) is 8.99. The zero-order valence-electron chi connectivity index (χ0n) is 20.8. The molecule has 1 atom stereocenters. The highest BCUT2D eigenvalue weighted by atomic mass is 16.6. The van der Waals surface area contributed by atoms with Crippen LogP contribution in [0.25, 0.3) is 0 Å². The third-order valence-corrected chi connectivity index (χ3v) is 6.52. The molecule has 0 N–H and O–H groups in total. The molecule has 2 heterocycles. The van der Waals surface area contributed by atoms with Crippen LogP contribution in [0, 0.1) is 0 Å². The summed E-state index contributed by atoms with van der Waals surface area (Å²) in [4.78, 5) is 64.5. The van der Waals surface area contributed by atoms with E-state index in [1.54, 1.807) is 29.2 Å². The Kier molecular flexibility index (Phi) is 8.08. The Balaban J connectivity index is 1.51. The monoisotopic (exact) mass is 471 g/mol. The lowest BCUT2D eigenvalue weighted by Gasteiger charge is -2.46. The van der Waals surface area contributed by atoms with Crippen LogP contribution >= 0.6 is 0 Å². The molecule has 0 spiro atoms. The molecule has 0 saturated carbocycles. The number of esters is 1. The summed E-state index contributed by atoms with van der Waals surface area (Å²) in [6, 6.07) is 6.79. The number of imide groups is 1. The first-order chi connectivity index (χ1) is 16.8. The van der Waals surface area contributed by atoms with Crippen molar-refractivity contribution in [1.82, 2.24) is 9.80 Å². The van der Waals surface area contributed by atoms with Crippen molar-refractivity contribution in [3.63, 3.8) is 0 Å². The number of hydrogen-bond acceptors (Lipinski definition) is 6. The summed E-state index contributed by atoms with van der Waals surface area (Å²) < 4.78 is 13.5. The standard InChI is InChI=1S/C26H34N2O6/c1-3-26(34-23(31)15-14-19(2)29)16-8-10-18-28(26)22(30)13-5-4-9-17-27-24(32)20-11-6-7-12-21(20)25(27)33/h6-7,11-12H,3-5,8-10,13-18H2,1-2H3/i1D. The van der Waals surface area contributed by atoms with E-state index in [9.17, 15) is 24.0 Å². The van der Waals surface area contributed by atoms with Crippen molar-refractivity contribution >= 4 is 29.5 Å². The first-order valence-corrected chi connectivity index (χ1v) is 12.1. The van der Waals surface area contributed by atoms with Crippen LogP contribution in [0.1, 0.15) is 100 Å². The van der Waals surface area contributed by atoms with Gasteiger partial charge in [0, 0.05) is 40.1 Å². The highest BCUT2D eigenvalue weighted by Gasteiger charge is 2.43. The van der Waals surface area contributed by atoms with Crippen LogP contribution in [0.4, 0.5) is 0 Å². The molecule has 34 heavy (non-hydrogen) atoms. The summed E-state index contributed by atoms with van der Waals surface area (Å²) >= 11 is 0. The molecule has 1 unspecified atom stereocenters. The Morgan fingerprint density at radius 1 is 1.00 bits per heavy atom. The number of fused-ring (bicyclic) bond motifs is 1. The number of nitrogens with zero attached hydrogens (tertiary/aromatic N) is 2. The molecule has 1 fully saturated rings. The van der Waals surface area contributed by atoms with Crippen LogP contribution in [-0.4, -0.2) is 58.1 Å². The average Bonchev–Trinajstić information content (AvgIpc) is 3.07. The predicted octanol–water partition coefficient (Wildman–Crippen LogP) is 3.87. The number of hydrogen-bond donors (Lipinski definition) is 0. The van der Waals surface area contributed by atoms with Gasteiger partial charge >= 0.3 is 5.97 Å². The minimum atomic E-state index is -1.12. The average molecular weight is 472 g/mol. The van der Waals surface area contributed by atoms with Crippen LogP contribution in [0.2, 0.25) is 0 Å². The first kappa shape index (κ1) is 24.1. The van der Waals surface area contributed by atoms with Crippen molar-refractivity contribution in [2.45, 2.75) is 83.8 Å². The molecule has 2 aliphatic rings. The first-order valence-electron chi connectivity index (χ1n) is 12.8. The number of rotatable bonds is 11. The number of benzene rings is 1. The van der Waals surface area contributed by atoms with Gasteiger partial charge in [0.25, 0.3) is 11.8 Å². The Hall–Kier alpha value is -3.03. The van der Waals surface area contributed by atoms with E-state index >= 15 is 0 Å². The van der Waals surface area contributed by atoms with Crippen LogP contribution in [0.15, 0.2) is 24.3 Å². The maximum absolute atomic E-state index is 13.1. The maximum Gasteiger partial charge on any atom is 0.308 e. The molecule has 8 nitrogen and oxygen atoms in total. The summed E-state index contributed by atoms with van der Waals surface area (Å²) in [7, 11) is 0. The van der Waals surface area contributed by atoms with E-state index in [1.165, 1.54) is 11.8 Å². The lowest BCUT2D eigenvalue weighted by atomic mass is 9.94. The van der Waals surface area contributed by atoms with Crippen LogP contribution in [0.3, 0.4) is 0 Å². The third-order valence-electron chi connectivity index (χ3n) is 6.52. The van der Waals surface area contributed by atoms with E-state index in [0.29, 0.717) is 49.9 Å². The summed E-state index contributed by atoms with van der Waals surface area (Å²) in [6.45, 7) is 2.20. The largest absolute Gasteiger partial charge is 0.439 e. The molecule has 184 valence electrons. The van der Waals surface area contributed by atoms with Gasteiger partial charge in [-0.1, -0.05) is 25.5 Å². The SMILES string of the molecule is [2H]CCC1(OC(=O)CCC(C)=O)CCCCN1C(=O)CCCCCN1C(=O)c2ccccc2C1=O. The van der Waals surface area contributed by atoms with Gasteiger partial charge in [0.2, 0.25) is 5.91 Å². The molecule has 0 bridgehead atoms. The van der Waals surface area contributed by atoms with E-state index in [-0.39, 0.29) is 56.1 Å². The second kappa shape index (κ2) is 11.4. The number of ether oxygens (including phenoxy) is 1. The van der Waals surface area contributed by atoms with Gasteiger partial charge in [-0.3, -0.25) is 24.1 Å². The molecule has 0 aromatic heterocycles. The molecule has 0 aliphatic carbocycles. The Morgan fingerprint density at radius 3 is 2.35 bits per heavy atom. The number of Topliss-reactive ketones (excluding diaryl/α,β-unsaturated/α-hetero) is 1. The topological polar surface area (TPSA) is 101 Å². The molecule has 8 heteroatoms. The highest BCUT2D eigenvalue weighted by molar-refractivity contribution is 6.21. The fourth-order valence-electron chi connectivity index (χ4n) is 4.62. The lowest BCUT2D eigenvalue weighted by molar-refractivity contribution is -0.199. The summed E-state index contributed by atoms with van der Waals surface area (Å²) in [6.07, 6.45) is 4.48. The van der Waals surface area contributed by atoms with Crippen molar-refractivity contribution < 1.29 is 30.1 Å². The molecule has 3 amide bonds. The number of carbonyl (C=O) groups is 5. The second-order valence-corrected chi connectivity index (χ2v) is 8.99. The van der Waals surface area contributed by atoms with Gasteiger partial charge in [-0.15, -0.1) is 0 Å². The zero-order chi connectivity index (χ0) is 25.4. The van der Waals surface area contributed by atoms with Gasteiger partial charge in [0.15, 0.2) is 5.72 Å². The Morgan fingerprint density at radius 2 is 1.71 bits per heavy atom. The number of likely N-dealkylation sites (tertiary alicyclic amines) is 1. The van der Waals surface area contributed by atoms with Crippen molar-refractivity contribution in [2.75, 3.05) is 13.1 Å². The summed E-state index contributed by atoms with van der Waals surface area (Å²) in [5, 5.41) is 0. The fraction of sp³-hybridized carbons (Fsp3) is 0.577. The minimum Gasteiger partial charge on any atom is -0.439 e. The van der Waals surface area contributed by atoms with Crippen LogP contribution in [0.5, 0.6) is 0 Å². The van der Waals surface area contributed by atoms with E-state index in [1.807, 2.05) is 0 Å². The van der Waals surface area contributed by atoms with Gasteiger partial charge < -0.3 is 14.4 Å². The highest BCUT2D eigenvalue weighted by Crippen LogP contribution is 2.34. The normalized spacial score (nSPS) is 20.2. The predicted molar refractivity (Wildman–Crippen MR) is 125 cm³/mol. The number of unbranched alkanes of at least 4 members (excludes halogenated alkanes) is 2. The number of amides is 3. The number of piperidine rings is 1. The lowest BCUT2D eigenvalue weighted by Crippen LogP contribution is -2.56. The fourth-order valence-corrected chi connectivity index (χ4v) is 4.62. The molecule has 1 aromatic rings. The third kappa shape index (κ3) is 5.72. The van der Waals surface area contributed by atoms with Crippen molar-refractivity contribution in [2.24, 2.45) is 0 Å². The van der Waals surface area contributed by atoms with Crippen molar-refractivity contribution in [3.8, 4) is 0 Å². The van der Waals surface area contributed by atoms with E-state index in [0.717, 1.165) is 12.8 Å². The van der Waals surface area contributed by atoms with Gasteiger partial charge in [-0.2, -0.15) is 0 Å². The Labute approximate surface area is 202 Å². The summed E-state index contributed by atoms with van der Waals surface area (Å²) in [5.41, 5.74) is -0.256. The molecular formula is C26H34N2O6. The van der Waals surface area contributed by atoms with Gasteiger partial charge in [-0.25, -0.2) is 0 Å². The van der Waals surface area contributed by atoms with Gasteiger partial charge in [-0.05, 0) is 44.7 Å². The van der Waals surface area contributed by atoms with Crippen molar-refractivity contribution in [3.05, 3.63) is 35.4 Å². The molecule has 1 aromatic carbocycles. The van der Waals surface area contributed by atoms with Crippen LogP contribution in [-0.2, 0) is 19.1 Å². The molecule has 2 aliphatic heterocycles. The van der Waals surface area contributed by atoms with Crippen molar-refractivity contribution in [1.29, 1.82) is 0 Å². The zero-order valence-corrected chi connectivity index (χ0v) is 19.8. The minimum absolute atomic E-state index is 0.0179. The van der Waals surface area contributed by atoms with Crippen LogP contribution < -0.4 is 0 Å². The smallest absolute Gasteiger partial charge is 0.308 e. The number of carbonyl (C=O) groups excluding carboxylic acids is 5. The number of ketones is 1. The van der Waals surface area contributed by atoms with Gasteiger partial charge in [0.1, 0.15) is 5.78 Å². The van der Waals surface area contributed by atoms with E-state index in [4.69, 9.17) is 6.11 Å². The molecular weight excluding hydrogens is 436 g/mol. The summed E-state index contributed by atoms with van der Waals surface area (Å²) in [5.74, 6) is -1.30. The quantitative estimate of drug-likeness (QED) is 0.276. The maximum atomic E-state index is 13.1. The molecule has 3 rings (SSSR count). The van der Waals surface area contributed by atoms with Gasteiger partial charge in [0.05, 0.1) is 17.5 Å². The van der Waals surface area contributed by atoms with E-state index < -0.39 is 11.7 Å². The van der Waals surface area contributed by atoms with E-state index in [2.05, 4.69) is 0 Å². The Bertz CT molecular complexity index is 941. The molecule has 1 saturated heterocycles.